The summed E-state index contributed by atoms with van der Waals surface area (Å²) in [6.07, 6.45) is 1.27. The average Bonchev–Trinajstić information content (AvgIpc) is 1.57. The molecular formula is C68H89FN10O11. The van der Waals surface area contributed by atoms with Gasteiger partial charge in [-0.1, -0.05) is 75.4 Å². The van der Waals surface area contributed by atoms with Crippen molar-refractivity contribution < 1.29 is 57.3 Å². The first-order valence-corrected chi connectivity index (χ1v) is 31.4. The lowest BCUT2D eigenvalue weighted by Gasteiger charge is -2.47. The van der Waals surface area contributed by atoms with Crippen LogP contribution in [0.1, 0.15) is 127 Å². The van der Waals surface area contributed by atoms with Crippen LogP contribution >= 0.6 is 0 Å². The summed E-state index contributed by atoms with van der Waals surface area (Å²) in [6.45, 7) is 19.9. The van der Waals surface area contributed by atoms with E-state index in [9.17, 15) is 43.1 Å². The zero-order valence-corrected chi connectivity index (χ0v) is 53.8. The predicted octanol–water partition coefficient (Wildman–Crippen LogP) is 6.78. The number of fused-ring (bicyclic) bond motifs is 3. The van der Waals surface area contributed by atoms with Gasteiger partial charge in [-0.25, -0.2) is 14.0 Å². The van der Waals surface area contributed by atoms with Crippen LogP contribution in [-0.2, 0) is 69.5 Å². The number of aryl methyl sites for hydroxylation is 1. The van der Waals surface area contributed by atoms with Crippen LogP contribution in [0.3, 0.4) is 0 Å². The Balaban J connectivity index is 0.929. The number of carbonyl (C=O) groups is 8. The molecule has 484 valence electrons. The Morgan fingerprint density at radius 1 is 0.856 bits per heavy atom. The minimum atomic E-state index is -1.33. The third-order valence-corrected chi connectivity index (χ3v) is 18.4. The molecule has 22 heteroatoms. The molecule has 2 saturated heterocycles. The third kappa shape index (κ3) is 15.3. The van der Waals surface area contributed by atoms with Crippen molar-refractivity contribution in [3.8, 4) is 0 Å². The summed E-state index contributed by atoms with van der Waals surface area (Å²) in [4.78, 5) is 123. The summed E-state index contributed by atoms with van der Waals surface area (Å²) in [5, 5.41) is 22.1. The highest BCUT2D eigenvalue weighted by Gasteiger charge is 2.49. The molecule has 0 aromatic heterocycles. The van der Waals surface area contributed by atoms with Gasteiger partial charge in [0.2, 0.25) is 35.4 Å². The Labute approximate surface area is 527 Å². The van der Waals surface area contributed by atoms with Crippen LogP contribution in [0.4, 0.5) is 25.4 Å². The molecule has 0 saturated carbocycles. The minimum Gasteiger partial charge on any atom is -0.465 e. The number of ether oxygens (including phenoxy) is 2. The van der Waals surface area contributed by atoms with Crippen LogP contribution in [0.5, 0.6) is 0 Å². The molecule has 2 fully saturated rings. The summed E-state index contributed by atoms with van der Waals surface area (Å²) in [5.41, 5.74) is 3.68. The number of piperazine rings is 1. The van der Waals surface area contributed by atoms with E-state index in [0.717, 1.165) is 40.7 Å². The second-order valence-corrected chi connectivity index (χ2v) is 27.4. The normalized spacial score (nSPS) is 22.6. The number of halogens is 1. The molecule has 4 aromatic rings. The molecule has 1 aliphatic carbocycles. The van der Waals surface area contributed by atoms with Crippen LogP contribution in [0.15, 0.2) is 84.9 Å². The van der Waals surface area contributed by atoms with Gasteiger partial charge >= 0.3 is 12.2 Å². The Hall–Kier alpha value is -7.95. The van der Waals surface area contributed by atoms with Gasteiger partial charge in [-0.3, -0.25) is 43.5 Å². The number of hydrogen-bond acceptors (Lipinski definition) is 12. The van der Waals surface area contributed by atoms with E-state index in [1.807, 2.05) is 75.1 Å². The smallest absolute Gasteiger partial charge is 0.410 e. The molecule has 2 unspecified atom stereocenters. The Morgan fingerprint density at radius 3 is 2.28 bits per heavy atom. The number of carboxylic acid groups (broad SMARTS) is 1. The van der Waals surface area contributed by atoms with Crippen molar-refractivity contribution in [2.24, 2.45) is 5.41 Å². The highest BCUT2D eigenvalue weighted by Crippen LogP contribution is 2.43. The molecule has 0 bridgehead atoms. The molecule has 5 aliphatic rings. The monoisotopic (exact) mass is 1240 g/mol. The van der Waals surface area contributed by atoms with E-state index >= 15 is 4.79 Å². The second-order valence-electron chi connectivity index (χ2n) is 27.4. The molecule has 0 radical (unpaired) electrons. The van der Waals surface area contributed by atoms with Gasteiger partial charge in [0.05, 0.1) is 37.8 Å². The number of carbonyl (C=O) groups excluding carboxylic acids is 7. The maximum absolute atomic E-state index is 15.3. The van der Waals surface area contributed by atoms with Gasteiger partial charge in [-0.05, 0) is 149 Å². The van der Waals surface area contributed by atoms with Crippen molar-refractivity contribution in [1.29, 1.82) is 0 Å². The molecule has 4 heterocycles. The highest BCUT2D eigenvalue weighted by molar-refractivity contribution is 6.04. The first-order chi connectivity index (χ1) is 42.5. The van der Waals surface area contributed by atoms with Gasteiger partial charge in [0.1, 0.15) is 29.5 Å². The third-order valence-electron chi connectivity index (χ3n) is 18.4. The molecule has 21 nitrogen and oxygen atoms in total. The molecule has 90 heavy (non-hydrogen) atoms. The quantitative estimate of drug-likeness (QED) is 0.0778. The van der Waals surface area contributed by atoms with E-state index in [2.05, 4.69) is 39.2 Å². The van der Waals surface area contributed by atoms with Crippen LogP contribution in [0.25, 0.3) is 0 Å². The Kier molecular flexibility index (Phi) is 20.1. The number of anilines is 2. The Morgan fingerprint density at radius 2 is 1.58 bits per heavy atom. The summed E-state index contributed by atoms with van der Waals surface area (Å²) < 4.78 is 25.2. The molecule has 9 rings (SSSR count). The molecular weight excluding hydrogens is 1150 g/mol. The van der Waals surface area contributed by atoms with Gasteiger partial charge < -0.3 is 50.5 Å². The molecule has 0 spiro atoms. The average molecular weight is 1240 g/mol. The number of benzene rings is 4. The van der Waals surface area contributed by atoms with E-state index in [-0.39, 0.29) is 68.4 Å². The zero-order chi connectivity index (χ0) is 65.1. The second kappa shape index (κ2) is 27.3. The number of rotatable bonds is 16. The molecule has 8 amide bonds. The molecule has 4 aliphatic heterocycles. The fourth-order valence-corrected chi connectivity index (χ4v) is 13.0. The van der Waals surface area contributed by atoms with Gasteiger partial charge in [-0.2, -0.15) is 0 Å². The van der Waals surface area contributed by atoms with Gasteiger partial charge in [-0.15, -0.1) is 0 Å². The van der Waals surface area contributed by atoms with Gasteiger partial charge in [0.15, 0.2) is 0 Å². The first kappa shape index (κ1) is 66.5. The standard InChI is InChI=1S/C68H89FN10O11/c1-41-34-76(51(37-77(41)64(86)87)36-75-27-28-89-39-42(75)2)38-58(81)79-40-68(10,53-26-21-45(30-55(53)79)29-44-19-23-49(69)24-20-44)63(85)70-33-57(80)71-50-25-22-47-32-56(61(83)72-54-18-14-16-46-15-12-13-17-52(46)54)78(35-48(47)31-50)62(84)59(66(4,5)6)73-60(82)43(3)74(11)65(88)90-67(7,8)9/h12-13,15,17,19-26,30-31,41-43,51,54,56,59H,14,16,18,27-29,32-40H2,1-11H3,(H,70,85)(H,71,80)(H,72,83)(H,73,82)(H,86,87)/t41-,42-,43?,51+,54-,56+,59?,68-/m1/s1. The zero-order valence-electron chi connectivity index (χ0n) is 53.8. The first-order valence-electron chi connectivity index (χ1n) is 31.4. The van der Waals surface area contributed by atoms with Crippen LogP contribution in [-0.4, -0.2) is 185 Å². The topological polar surface area (TPSA) is 243 Å². The van der Waals surface area contributed by atoms with E-state index in [0.29, 0.717) is 68.2 Å². The maximum Gasteiger partial charge on any atom is 0.410 e. The highest BCUT2D eigenvalue weighted by atomic mass is 19.1. The summed E-state index contributed by atoms with van der Waals surface area (Å²) >= 11 is 0. The van der Waals surface area contributed by atoms with E-state index < -0.39 is 83.0 Å². The summed E-state index contributed by atoms with van der Waals surface area (Å²) in [7, 11) is 1.45. The van der Waals surface area contributed by atoms with Crippen molar-refractivity contribution in [2.75, 3.05) is 76.3 Å². The lowest BCUT2D eigenvalue weighted by Crippen LogP contribution is -2.64. The van der Waals surface area contributed by atoms with E-state index in [4.69, 9.17) is 9.47 Å². The minimum absolute atomic E-state index is 0.0544. The number of morpholine rings is 1. The molecule has 4 aromatic carbocycles. The lowest BCUT2D eigenvalue weighted by atomic mass is 9.83. The summed E-state index contributed by atoms with van der Waals surface area (Å²) in [6, 6.07) is 20.9. The fourth-order valence-electron chi connectivity index (χ4n) is 13.0. The summed E-state index contributed by atoms with van der Waals surface area (Å²) in [5.74, 6) is -3.19. The van der Waals surface area contributed by atoms with Crippen LogP contribution < -0.4 is 26.2 Å². The lowest BCUT2D eigenvalue weighted by molar-refractivity contribution is -0.147. The molecule has 5 N–H and O–H groups in total. The number of likely N-dealkylation sites (N-methyl/N-ethyl adjacent to an activating group) is 1. The van der Waals surface area contributed by atoms with E-state index in [1.165, 1.54) is 33.9 Å². The van der Waals surface area contributed by atoms with Crippen molar-refractivity contribution in [2.45, 2.75) is 161 Å². The maximum atomic E-state index is 15.3. The van der Waals surface area contributed by atoms with Crippen molar-refractivity contribution in [3.05, 3.63) is 130 Å². The number of hydrogen-bond donors (Lipinski definition) is 5. The predicted molar refractivity (Wildman–Crippen MR) is 338 cm³/mol. The van der Waals surface area contributed by atoms with Gasteiger partial charge in [0, 0.05) is 82.2 Å². The van der Waals surface area contributed by atoms with Gasteiger partial charge in [0.25, 0.3) is 0 Å². The largest absolute Gasteiger partial charge is 0.465 e. The SMILES string of the molecule is CC(C(=O)NC(C(=O)N1Cc2cc(NC(=O)CNC(=O)[C@]3(C)CN(C(=O)CN4C[C@@H](C)N(C(=O)O)C[C@@H]4CN4CCOC[C@H]4C)c4cc(Cc5ccc(F)cc5)ccc43)ccc2C[C@H]1C(=O)N[C@@H]1CCCc2ccccc21)C(C)(C)C)N(C)C(=O)OC(C)(C)C. The van der Waals surface area contributed by atoms with Crippen molar-refractivity contribution >= 4 is 59.0 Å². The number of amides is 8. The number of nitrogens with zero attached hydrogens (tertiary/aromatic N) is 6. The fraction of sp³-hybridized carbons (Fsp3) is 0.529. The Bertz CT molecular complexity index is 3370. The van der Waals surface area contributed by atoms with Crippen LogP contribution in [0, 0.1) is 11.2 Å². The van der Waals surface area contributed by atoms with Crippen molar-refractivity contribution in [1.82, 2.24) is 40.4 Å². The van der Waals surface area contributed by atoms with Crippen LogP contribution in [0.2, 0.25) is 0 Å². The number of nitrogens with one attached hydrogen (secondary N) is 4. The van der Waals surface area contributed by atoms with E-state index in [1.54, 1.807) is 63.8 Å². The van der Waals surface area contributed by atoms with Crippen molar-refractivity contribution in [3.63, 3.8) is 0 Å². The molecule has 8 atom stereocenters.